The summed E-state index contributed by atoms with van der Waals surface area (Å²) in [5.41, 5.74) is -0.268. The number of alkyl halides is 1. The Morgan fingerprint density at radius 3 is 2.64 bits per heavy atom. The van der Waals surface area contributed by atoms with Crippen molar-refractivity contribution in [3.8, 4) is 11.8 Å². The first kappa shape index (κ1) is 19.6. The van der Waals surface area contributed by atoms with Crippen molar-refractivity contribution in [2.45, 2.75) is 50.7 Å². The van der Waals surface area contributed by atoms with E-state index in [4.69, 9.17) is 11.6 Å². The molecule has 5 nitrogen and oxygen atoms in total. The number of likely N-dealkylation sites (tertiary alicyclic amines) is 1. The van der Waals surface area contributed by atoms with Crippen molar-refractivity contribution in [2.24, 2.45) is 5.41 Å². The number of hydrogen-bond acceptors (Lipinski definition) is 4. The standard InChI is InChI=1S/C21H26ClFN4O/c1-26-10-8-21(23,9-11-26)7-4-17-16-13-24-19(22)12-18(16)27(25-17)14-20(15-28)5-2-3-6-20/h12-13,28H,2-3,5-6,8-11,14-15H2,1H3. The summed E-state index contributed by atoms with van der Waals surface area (Å²) in [5.74, 6) is 5.83. The monoisotopic (exact) mass is 404 g/mol. The normalized spacial score (nSPS) is 21.6. The van der Waals surface area contributed by atoms with Crippen molar-refractivity contribution >= 4 is 22.5 Å². The summed E-state index contributed by atoms with van der Waals surface area (Å²) in [7, 11) is 2.00. The molecule has 0 unspecified atom stereocenters. The molecule has 2 fully saturated rings. The van der Waals surface area contributed by atoms with Crippen LogP contribution >= 0.6 is 11.6 Å². The summed E-state index contributed by atoms with van der Waals surface area (Å²) >= 11 is 6.12. The Morgan fingerprint density at radius 2 is 1.96 bits per heavy atom. The molecule has 0 aromatic carbocycles. The molecule has 1 N–H and O–H groups in total. The van der Waals surface area contributed by atoms with Crippen LogP contribution in [0.4, 0.5) is 4.39 Å². The summed E-state index contributed by atoms with van der Waals surface area (Å²) in [6, 6.07) is 1.77. The molecular weight excluding hydrogens is 379 g/mol. The van der Waals surface area contributed by atoms with Gasteiger partial charge in [0.25, 0.3) is 0 Å². The first-order valence-corrected chi connectivity index (χ1v) is 10.3. The number of aromatic nitrogens is 3. The first-order valence-electron chi connectivity index (χ1n) is 9.96. The molecule has 28 heavy (non-hydrogen) atoms. The van der Waals surface area contributed by atoms with Gasteiger partial charge in [0.15, 0.2) is 5.67 Å². The molecule has 1 saturated carbocycles. The predicted octanol–water partition coefficient (Wildman–Crippen LogP) is 3.42. The van der Waals surface area contributed by atoms with Gasteiger partial charge in [-0.3, -0.25) is 4.68 Å². The third kappa shape index (κ3) is 3.89. The highest BCUT2D eigenvalue weighted by Crippen LogP contribution is 2.39. The van der Waals surface area contributed by atoms with Crippen molar-refractivity contribution < 1.29 is 9.50 Å². The quantitative estimate of drug-likeness (QED) is 0.629. The summed E-state index contributed by atoms with van der Waals surface area (Å²) in [6.45, 7) is 2.15. The van der Waals surface area contributed by atoms with Crippen LogP contribution in [-0.2, 0) is 6.54 Å². The molecule has 0 spiro atoms. The number of hydrogen-bond donors (Lipinski definition) is 1. The molecule has 1 saturated heterocycles. The van der Waals surface area contributed by atoms with Gasteiger partial charge in [0.1, 0.15) is 10.8 Å². The Bertz CT molecular complexity index is 918. The molecular formula is C21H26ClFN4O. The van der Waals surface area contributed by atoms with Crippen LogP contribution in [0.15, 0.2) is 12.3 Å². The smallest absolute Gasteiger partial charge is 0.173 e. The Labute approximate surface area is 169 Å². The van der Waals surface area contributed by atoms with Crippen LogP contribution in [0.25, 0.3) is 10.9 Å². The number of rotatable bonds is 3. The summed E-state index contributed by atoms with van der Waals surface area (Å²) in [4.78, 5) is 6.28. The van der Waals surface area contributed by atoms with Gasteiger partial charge in [-0.1, -0.05) is 30.4 Å². The van der Waals surface area contributed by atoms with Gasteiger partial charge in [0, 0.05) is 50.2 Å². The lowest BCUT2D eigenvalue weighted by atomic mass is 9.87. The minimum atomic E-state index is -1.47. The zero-order valence-corrected chi connectivity index (χ0v) is 17.0. The molecule has 0 radical (unpaired) electrons. The zero-order chi connectivity index (χ0) is 19.8. The Balaban J connectivity index is 1.69. The van der Waals surface area contributed by atoms with E-state index in [1.807, 2.05) is 11.7 Å². The van der Waals surface area contributed by atoms with Crippen molar-refractivity contribution in [3.63, 3.8) is 0 Å². The van der Waals surface area contributed by atoms with Gasteiger partial charge in [0.2, 0.25) is 0 Å². The lowest BCUT2D eigenvalue weighted by Gasteiger charge is -2.30. The molecule has 150 valence electrons. The maximum Gasteiger partial charge on any atom is 0.173 e. The minimum Gasteiger partial charge on any atom is -0.396 e. The molecule has 4 rings (SSSR count). The number of fused-ring (bicyclic) bond motifs is 1. The number of halogens is 2. The average Bonchev–Trinajstić information content (AvgIpc) is 3.29. The summed E-state index contributed by atoms with van der Waals surface area (Å²) in [6.07, 6.45) is 6.67. The topological polar surface area (TPSA) is 54.2 Å². The van der Waals surface area contributed by atoms with Crippen LogP contribution in [0.2, 0.25) is 5.15 Å². The molecule has 2 aromatic rings. The first-order chi connectivity index (χ1) is 13.4. The third-order valence-electron chi connectivity index (χ3n) is 6.27. The van der Waals surface area contributed by atoms with Gasteiger partial charge in [-0.15, -0.1) is 0 Å². The highest BCUT2D eigenvalue weighted by atomic mass is 35.5. The fourth-order valence-corrected chi connectivity index (χ4v) is 4.49. The molecule has 1 aliphatic heterocycles. The van der Waals surface area contributed by atoms with Crippen LogP contribution in [0.3, 0.4) is 0 Å². The predicted molar refractivity (Wildman–Crippen MR) is 108 cm³/mol. The lowest BCUT2D eigenvalue weighted by Crippen LogP contribution is -2.38. The van der Waals surface area contributed by atoms with Gasteiger partial charge >= 0.3 is 0 Å². The van der Waals surface area contributed by atoms with Gasteiger partial charge in [-0.25, -0.2) is 9.37 Å². The van der Waals surface area contributed by atoms with Crippen LogP contribution in [-0.4, -0.2) is 57.2 Å². The van der Waals surface area contributed by atoms with E-state index in [-0.39, 0.29) is 12.0 Å². The van der Waals surface area contributed by atoms with Crippen molar-refractivity contribution in [1.29, 1.82) is 0 Å². The van der Waals surface area contributed by atoms with Crippen LogP contribution < -0.4 is 0 Å². The van der Waals surface area contributed by atoms with E-state index in [9.17, 15) is 5.11 Å². The van der Waals surface area contributed by atoms with Gasteiger partial charge < -0.3 is 10.0 Å². The molecule has 7 heteroatoms. The third-order valence-corrected chi connectivity index (χ3v) is 6.48. The van der Waals surface area contributed by atoms with Gasteiger partial charge in [-0.2, -0.15) is 5.10 Å². The van der Waals surface area contributed by atoms with E-state index >= 15 is 4.39 Å². The molecule has 1 aliphatic carbocycles. The second-order valence-electron chi connectivity index (χ2n) is 8.41. The molecule has 0 bridgehead atoms. The minimum absolute atomic E-state index is 0.134. The van der Waals surface area contributed by atoms with E-state index in [0.717, 1.165) is 36.6 Å². The Kier molecular flexibility index (Phi) is 5.34. The summed E-state index contributed by atoms with van der Waals surface area (Å²) in [5, 5.41) is 15.8. The van der Waals surface area contributed by atoms with E-state index in [1.54, 1.807) is 12.3 Å². The number of piperidine rings is 1. The van der Waals surface area contributed by atoms with Crippen LogP contribution in [0, 0.1) is 17.3 Å². The van der Waals surface area contributed by atoms with Crippen LogP contribution in [0.5, 0.6) is 0 Å². The van der Waals surface area contributed by atoms with Crippen molar-refractivity contribution in [1.82, 2.24) is 19.7 Å². The molecule has 0 atom stereocenters. The highest BCUT2D eigenvalue weighted by molar-refractivity contribution is 6.30. The largest absolute Gasteiger partial charge is 0.396 e. The summed E-state index contributed by atoms with van der Waals surface area (Å²) < 4.78 is 16.9. The Hall–Kier alpha value is -1.68. The zero-order valence-electron chi connectivity index (χ0n) is 16.2. The number of aliphatic hydroxyl groups excluding tert-OH is 1. The fraction of sp³-hybridized carbons (Fsp3) is 0.619. The lowest BCUT2D eigenvalue weighted by molar-refractivity contribution is 0.108. The highest BCUT2D eigenvalue weighted by Gasteiger charge is 2.35. The molecule has 3 heterocycles. The number of aliphatic hydroxyl groups is 1. The van der Waals surface area contributed by atoms with Crippen LogP contribution in [0.1, 0.15) is 44.2 Å². The van der Waals surface area contributed by atoms with E-state index < -0.39 is 5.67 Å². The van der Waals surface area contributed by atoms with Gasteiger partial charge in [0.05, 0.1) is 17.5 Å². The second-order valence-corrected chi connectivity index (χ2v) is 8.80. The van der Waals surface area contributed by atoms with E-state index in [0.29, 0.717) is 43.3 Å². The number of nitrogens with zero attached hydrogens (tertiary/aromatic N) is 4. The van der Waals surface area contributed by atoms with Gasteiger partial charge in [-0.05, 0) is 25.8 Å². The second kappa shape index (κ2) is 7.62. The Morgan fingerprint density at radius 1 is 1.25 bits per heavy atom. The molecule has 0 amide bonds. The van der Waals surface area contributed by atoms with Crippen molar-refractivity contribution in [2.75, 3.05) is 26.7 Å². The van der Waals surface area contributed by atoms with E-state index in [2.05, 4.69) is 26.8 Å². The number of pyridine rings is 1. The van der Waals surface area contributed by atoms with E-state index in [1.165, 1.54) is 0 Å². The molecule has 2 aromatic heterocycles. The maximum atomic E-state index is 15.0. The molecule has 2 aliphatic rings. The fourth-order valence-electron chi connectivity index (χ4n) is 4.34. The SMILES string of the molecule is CN1CCC(F)(C#Cc2nn(CC3(CO)CCCC3)c3cc(Cl)ncc23)CC1. The van der Waals surface area contributed by atoms with Crippen molar-refractivity contribution in [3.05, 3.63) is 23.1 Å². The maximum absolute atomic E-state index is 15.0. The average molecular weight is 405 g/mol.